The molecule has 3 fully saturated rings. The summed E-state index contributed by atoms with van der Waals surface area (Å²) in [6, 6.07) is 1.37. The van der Waals surface area contributed by atoms with Gasteiger partial charge in [0.05, 0.1) is 18.0 Å². The van der Waals surface area contributed by atoms with E-state index in [1.54, 1.807) is 24.8 Å². The number of carbonyl (C=O) groups excluding carboxylic acids is 3. The molecule has 8 nitrogen and oxygen atoms in total. The van der Waals surface area contributed by atoms with Crippen LogP contribution in [0, 0.1) is 12.8 Å². The van der Waals surface area contributed by atoms with E-state index < -0.39 is 6.04 Å². The molecule has 8 heteroatoms. The van der Waals surface area contributed by atoms with Gasteiger partial charge < -0.3 is 19.6 Å². The summed E-state index contributed by atoms with van der Waals surface area (Å²) >= 11 is 0. The molecule has 3 saturated heterocycles. The average molecular weight is 360 g/mol. The van der Waals surface area contributed by atoms with E-state index in [2.05, 4.69) is 10.5 Å². The molecule has 1 aromatic rings. The van der Waals surface area contributed by atoms with E-state index in [-0.39, 0.29) is 42.1 Å². The number of rotatable bonds is 3. The summed E-state index contributed by atoms with van der Waals surface area (Å²) in [6.07, 6.45) is 2.68. The largest absolute Gasteiger partial charge is 0.361 e. The summed E-state index contributed by atoms with van der Waals surface area (Å²) in [5.74, 6) is 0.384. The van der Waals surface area contributed by atoms with Crippen LogP contribution in [-0.2, 0) is 20.8 Å². The molecule has 0 aromatic carbocycles. The molecule has 4 atom stereocenters. The van der Waals surface area contributed by atoms with Gasteiger partial charge in [-0.15, -0.1) is 0 Å². The Morgan fingerprint density at radius 3 is 2.92 bits per heavy atom. The van der Waals surface area contributed by atoms with Gasteiger partial charge in [-0.25, -0.2) is 0 Å². The SMILES string of the molecule is Cc1cc(CC(=O)N2[C@H]3CC[C@H]2[C@H](C(=O)N2CCNC(=O)[C@@H]2C)C3)no1. The molecule has 1 aromatic heterocycles. The van der Waals surface area contributed by atoms with Gasteiger partial charge in [0.25, 0.3) is 0 Å². The number of fused-ring (bicyclic) bond motifs is 2. The van der Waals surface area contributed by atoms with E-state index >= 15 is 0 Å². The van der Waals surface area contributed by atoms with Crippen molar-refractivity contribution in [3.8, 4) is 0 Å². The van der Waals surface area contributed by atoms with E-state index in [9.17, 15) is 14.4 Å². The van der Waals surface area contributed by atoms with Crippen LogP contribution < -0.4 is 5.32 Å². The van der Waals surface area contributed by atoms with Gasteiger partial charge in [0.1, 0.15) is 11.8 Å². The fraction of sp³-hybridized carbons (Fsp3) is 0.667. The van der Waals surface area contributed by atoms with Gasteiger partial charge in [-0.3, -0.25) is 14.4 Å². The molecule has 140 valence electrons. The maximum absolute atomic E-state index is 13.1. The Morgan fingerprint density at radius 1 is 1.38 bits per heavy atom. The van der Waals surface area contributed by atoms with Gasteiger partial charge in [0, 0.05) is 31.2 Å². The number of piperazine rings is 1. The standard InChI is InChI=1S/C18H24N4O4/c1-10-7-12(20-26-10)8-16(23)22-13-3-4-15(22)14(9-13)18(25)21-6-5-19-17(24)11(21)2/h7,11,13-15H,3-6,8-9H2,1-2H3,(H,19,24)/t11-,13-,14+,15-/m0/s1. The second-order valence-corrected chi connectivity index (χ2v) is 7.55. The Kier molecular flexibility index (Phi) is 4.20. The second kappa shape index (κ2) is 6.41. The zero-order valence-electron chi connectivity index (χ0n) is 15.1. The first-order chi connectivity index (χ1) is 12.5. The van der Waals surface area contributed by atoms with Crippen LogP contribution in [0.2, 0.25) is 0 Å². The van der Waals surface area contributed by atoms with E-state index in [0.29, 0.717) is 31.0 Å². The molecule has 3 amide bonds. The number of hydrogen-bond acceptors (Lipinski definition) is 5. The molecular formula is C18H24N4O4. The Hall–Kier alpha value is -2.38. The smallest absolute Gasteiger partial charge is 0.242 e. The minimum absolute atomic E-state index is 0.00513. The Bertz CT molecular complexity index is 745. The third-order valence-electron chi connectivity index (χ3n) is 5.93. The van der Waals surface area contributed by atoms with Crippen molar-refractivity contribution in [2.24, 2.45) is 5.92 Å². The number of carbonyl (C=O) groups is 3. The normalized spacial score (nSPS) is 30.6. The first-order valence-corrected chi connectivity index (χ1v) is 9.27. The number of amides is 3. The molecule has 0 saturated carbocycles. The third-order valence-corrected chi connectivity index (χ3v) is 5.93. The maximum Gasteiger partial charge on any atom is 0.242 e. The molecule has 0 radical (unpaired) electrons. The van der Waals surface area contributed by atoms with Crippen molar-refractivity contribution in [3.05, 3.63) is 17.5 Å². The van der Waals surface area contributed by atoms with Crippen LogP contribution in [-0.4, -0.2) is 63.9 Å². The molecule has 4 rings (SSSR count). The first-order valence-electron chi connectivity index (χ1n) is 9.27. The van der Waals surface area contributed by atoms with E-state index in [1.165, 1.54) is 0 Å². The number of nitrogens with zero attached hydrogens (tertiary/aromatic N) is 3. The van der Waals surface area contributed by atoms with Gasteiger partial charge >= 0.3 is 0 Å². The number of nitrogens with one attached hydrogen (secondary N) is 1. The van der Waals surface area contributed by atoms with E-state index in [1.807, 2.05) is 4.90 Å². The molecular weight excluding hydrogens is 336 g/mol. The van der Waals surface area contributed by atoms with Crippen LogP contribution in [0.15, 0.2) is 10.6 Å². The minimum atomic E-state index is -0.447. The predicted molar refractivity (Wildman–Crippen MR) is 90.9 cm³/mol. The van der Waals surface area contributed by atoms with Crippen molar-refractivity contribution in [2.45, 2.75) is 57.7 Å². The van der Waals surface area contributed by atoms with Crippen LogP contribution in [0.1, 0.15) is 37.6 Å². The summed E-state index contributed by atoms with van der Waals surface area (Å²) in [5.41, 5.74) is 0.628. The molecule has 0 unspecified atom stereocenters. The van der Waals surface area contributed by atoms with Crippen LogP contribution in [0.5, 0.6) is 0 Å². The highest BCUT2D eigenvalue weighted by Crippen LogP contribution is 2.43. The zero-order valence-corrected chi connectivity index (χ0v) is 15.1. The Balaban J connectivity index is 1.46. The van der Waals surface area contributed by atoms with Crippen molar-refractivity contribution in [3.63, 3.8) is 0 Å². The van der Waals surface area contributed by atoms with Crippen LogP contribution >= 0.6 is 0 Å². The van der Waals surface area contributed by atoms with Crippen molar-refractivity contribution in [1.29, 1.82) is 0 Å². The molecule has 3 aliphatic heterocycles. The van der Waals surface area contributed by atoms with Crippen molar-refractivity contribution in [1.82, 2.24) is 20.3 Å². The van der Waals surface area contributed by atoms with Crippen LogP contribution in [0.4, 0.5) is 0 Å². The van der Waals surface area contributed by atoms with Gasteiger partial charge in [-0.2, -0.15) is 0 Å². The fourth-order valence-corrected chi connectivity index (χ4v) is 4.69. The summed E-state index contributed by atoms with van der Waals surface area (Å²) in [6.45, 7) is 4.58. The minimum Gasteiger partial charge on any atom is -0.361 e. The highest BCUT2D eigenvalue weighted by molar-refractivity contribution is 5.90. The van der Waals surface area contributed by atoms with Gasteiger partial charge in [-0.05, 0) is 33.1 Å². The van der Waals surface area contributed by atoms with Crippen molar-refractivity contribution in [2.75, 3.05) is 13.1 Å². The molecule has 0 spiro atoms. The van der Waals surface area contributed by atoms with Crippen LogP contribution in [0.25, 0.3) is 0 Å². The Labute approximate surface area is 151 Å². The number of aromatic nitrogens is 1. The van der Waals surface area contributed by atoms with Crippen LogP contribution in [0.3, 0.4) is 0 Å². The molecule has 0 aliphatic carbocycles. The molecule has 2 bridgehead atoms. The van der Waals surface area contributed by atoms with Crippen molar-refractivity contribution < 1.29 is 18.9 Å². The zero-order chi connectivity index (χ0) is 18.4. The van der Waals surface area contributed by atoms with E-state index in [4.69, 9.17) is 4.52 Å². The quantitative estimate of drug-likeness (QED) is 0.834. The number of hydrogen-bond donors (Lipinski definition) is 1. The summed E-state index contributed by atoms with van der Waals surface area (Å²) in [5, 5.41) is 6.69. The average Bonchev–Trinajstić information content (AvgIpc) is 3.31. The third kappa shape index (κ3) is 2.77. The fourth-order valence-electron chi connectivity index (χ4n) is 4.69. The second-order valence-electron chi connectivity index (χ2n) is 7.55. The first kappa shape index (κ1) is 17.1. The lowest BCUT2D eigenvalue weighted by Crippen LogP contribution is -2.58. The van der Waals surface area contributed by atoms with Gasteiger partial charge in [0.15, 0.2) is 0 Å². The molecule has 1 N–H and O–H groups in total. The van der Waals surface area contributed by atoms with Gasteiger partial charge in [0.2, 0.25) is 17.7 Å². The van der Waals surface area contributed by atoms with Gasteiger partial charge in [-0.1, -0.05) is 5.16 Å². The molecule has 4 heterocycles. The Morgan fingerprint density at radius 2 is 2.19 bits per heavy atom. The summed E-state index contributed by atoms with van der Waals surface area (Å²) < 4.78 is 5.04. The topological polar surface area (TPSA) is 95.8 Å². The molecule has 26 heavy (non-hydrogen) atoms. The lowest BCUT2D eigenvalue weighted by atomic mass is 9.87. The lowest BCUT2D eigenvalue weighted by Gasteiger charge is -2.36. The predicted octanol–water partition coefficient (Wildman–Crippen LogP) is 0.252. The lowest BCUT2D eigenvalue weighted by molar-refractivity contribution is -0.146. The maximum atomic E-state index is 13.1. The highest BCUT2D eigenvalue weighted by atomic mass is 16.5. The van der Waals surface area contributed by atoms with Crippen molar-refractivity contribution >= 4 is 17.7 Å². The number of aryl methyl sites for hydroxylation is 1. The highest BCUT2D eigenvalue weighted by Gasteiger charge is 2.52. The monoisotopic (exact) mass is 360 g/mol. The van der Waals surface area contributed by atoms with E-state index in [0.717, 1.165) is 12.8 Å². The molecule has 3 aliphatic rings. The summed E-state index contributed by atoms with van der Waals surface area (Å²) in [7, 11) is 0. The summed E-state index contributed by atoms with van der Waals surface area (Å²) in [4.78, 5) is 41.3.